The van der Waals surface area contributed by atoms with E-state index in [1.165, 1.54) is 0 Å². The lowest BCUT2D eigenvalue weighted by atomic mass is 10.2. The molecule has 0 saturated heterocycles. The van der Waals surface area contributed by atoms with Crippen LogP contribution in [0.2, 0.25) is 5.02 Å². The number of aliphatic hydroxyl groups is 1. The number of nitrogens with one attached hydrogen (secondary N) is 1. The number of hydrogen-bond acceptors (Lipinski definition) is 3. The second kappa shape index (κ2) is 6.74. The van der Waals surface area contributed by atoms with Crippen LogP contribution in [0.5, 0.6) is 5.75 Å². The number of benzene rings is 1. The lowest BCUT2D eigenvalue weighted by Crippen LogP contribution is -2.26. The van der Waals surface area contributed by atoms with Crippen LogP contribution >= 0.6 is 11.6 Å². The highest BCUT2D eigenvalue weighted by atomic mass is 35.5. The molecule has 16 heavy (non-hydrogen) atoms. The first kappa shape index (κ1) is 13.3. The van der Waals surface area contributed by atoms with Gasteiger partial charge in [0.2, 0.25) is 0 Å². The van der Waals surface area contributed by atoms with Gasteiger partial charge in [-0.3, -0.25) is 0 Å². The summed E-state index contributed by atoms with van der Waals surface area (Å²) >= 11 is 6.07. The summed E-state index contributed by atoms with van der Waals surface area (Å²) in [5.41, 5.74) is 0.926. The summed E-state index contributed by atoms with van der Waals surface area (Å²) in [5, 5.41) is 13.2. The van der Waals surface area contributed by atoms with Crippen LogP contribution in [0.25, 0.3) is 0 Å². The predicted octanol–water partition coefficient (Wildman–Crippen LogP) is 2.21. The summed E-state index contributed by atoms with van der Waals surface area (Å²) in [6, 6.07) is 5.56. The van der Waals surface area contributed by atoms with Crippen LogP contribution in [0.4, 0.5) is 0 Å². The number of halogens is 1. The number of hydrogen-bond donors (Lipinski definition) is 2. The Morgan fingerprint density at radius 2 is 2.25 bits per heavy atom. The fourth-order valence-electron chi connectivity index (χ4n) is 1.41. The van der Waals surface area contributed by atoms with Crippen molar-refractivity contribution in [3.05, 3.63) is 28.8 Å². The molecule has 1 unspecified atom stereocenters. The number of methoxy groups -OCH3 is 1. The van der Waals surface area contributed by atoms with E-state index in [4.69, 9.17) is 16.3 Å². The molecule has 0 aliphatic carbocycles. The molecule has 0 spiro atoms. The van der Waals surface area contributed by atoms with Gasteiger partial charge in [0.25, 0.3) is 0 Å². The highest BCUT2D eigenvalue weighted by Gasteiger charge is 2.07. The van der Waals surface area contributed by atoms with Gasteiger partial charge in [-0.2, -0.15) is 0 Å². The van der Waals surface area contributed by atoms with Crippen molar-refractivity contribution in [2.45, 2.75) is 26.0 Å². The maximum atomic E-state index is 9.40. The van der Waals surface area contributed by atoms with E-state index in [-0.39, 0.29) is 6.10 Å². The third-order valence-electron chi connectivity index (χ3n) is 2.45. The van der Waals surface area contributed by atoms with Gasteiger partial charge in [-0.15, -0.1) is 0 Å². The van der Waals surface area contributed by atoms with Crippen LogP contribution in [0, 0.1) is 0 Å². The minimum absolute atomic E-state index is 0.312. The topological polar surface area (TPSA) is 41.5 Å². The summed E-state index contributed by atoms with van der Waals surface area (Å²) in [7, 11) is 1.62. The summed E-state index contributed by atoms with van der Waals surface area (Å²) < 4.78 is 5.22. The van der Waals surface area contributed by atoms with E-state index < -0.39 is 0 Å². The molecule has 0 radical (unpaired) electrons. The molecule has 1 aromatic carbocycles. The molecule has 1 rings (SSSR count). The molecule has 0 fully saturated rings. The Morgan fingerprint density at radius 3 is 2.88 bits per heavy atom. The van der Waals surface area contributed by atoms with E-state index >= 15 is 0 Å². The van der Waals surface area contributed by atoms with Crippen molar-refractivity contribution in [1.29, 1.82) is 0 Å². The van der Waals surface area contributed by atoms with Gasteiger partial charge in [0.1, 0.15) is 5.75 Å². The third-order valence-corrected chi connectivity index (χ3v) is 2.80. The lowest BCUT2D eigenvalue weighted by molar-refractivity contribution is 0.167. The van der Waals surface area contributed by atoms with Crippen LogP contribution in [0.3, 0.4) is 0 Å². The Hall–Kier alpha value is -0.770. The molecule has 0 amide bonds. The van der Waals surface area contributed by atoms with Gasteiger partial charge in [0.15, 0.2) is 0 Å². The fraction of sp³-hybridized carbons (Fsp3) is 0.500. The monoisotopic (exact) mass is 243 g/mol. The smallest absolute Gasteiger partial charge is 0.124 e. The Balaban J connectivity index is 2.59. The van der Waals surface area contributed by atoms with Gasteiger partial charge < -0.3 is 15.2 Å². The molecule has 1 atom stereocenters. The molecular formula is C12H18ClNO2. The highest BCUT2D eigenvalue weighted by molar-refractivity contribution is 6.31. The molecule has 0 heterocycles. The number of ether oxygens (including phenoxy) is 1. The summed E-state index contributed by atoms with van der Waals surface area (Å²) in [4.78, 5) is 0. The van der Waals surface area contributed by atoms with E-state index in [2.05, 4.69) is 5.32 Å². The van der Waals surface area contributed by atoms with Crippen molar-refractivity contribution < 1.29 is 9.84 Å². The summed E-state index contributed by atoms with van der Waals surface area (Å²) in [5.74, 6) is 0.769. The molecule has 0 aromatic heterocycles. The van der Waals surface area contributed by atoms with E-state index in [0.717, 1.165) is 17.7 Å². The van der Waals surface area contributed by atoms with Crippen molar-refractivity contribution in [2.24, 2.45) is 0 Å². The predicted molar refractivity (Wildman–Crippen MR) is 66.0 cm³/mol. The zero-order valence-electron chi connectivity index (χ0n) is 9.66. The normalized spacial score (nSPS) is 12.5. The maximum Gasteiger partial charge on any atom is 0.124 e. The molecule has 0 aliphatic rings. The number of rotatable bonds is 6. The molecule has 3 nitrogen and oxygen atoms in total. The Bertz CT molecular complexity index is 331. The average molecular weight is 244 g/mol. The molecule has 0 saturated carbocycles. The van der Waals surface area contributed by atoms with Crippen molar-refractivity contribution in [3.8, 4) is 5.75 Å². The summed E-state index contributed by atoms with van der Waals surface area (Å²) in [6.07, 6.45) is 0.431. The van der Waals surface area contributed by atoms with Gasteiger partial charge >= 0.3 is 0 Å². The molecule has 0 bridgehead atoms. The van der Waals surface area contributed by atoms with E-state index in [9.17, 15) is 5.11 Å². The largest absolute Gasteiger partial charge is 0.496 e. The quantitative estimate of drug-likeness (QED) is 0.805. The molecule has 1 aromatic rings. The Morgan fingerprint density at radius 1 is 1.50 bits per heavy atom. The van der Waals surface area contributed by atoms with Gasteiger partial charge in [0, 0.05) is 23.7 Å². The van der Waals surface area contributed by atoms with Gasteiger partial charge in [-0.25, -0.2) is 0 Å². The zero-order chi connectivity index (χ0) is 12.0. The molecular weight excluding hydrogens is 226 g/mol. The third kappa shape index (κ3) is 3.67. The first-order valence-electron chi connectivity index (χ1n) is 5.39. The molecule has 4 heteroatoms. The Labute approximate surface area is 101 Å². The van der Waals surface area contributed by atoms with Crippen LogP contribution < -0.4 is 10.1 Å². The molecule has 90 valence electrons. The fourth-order valence-corrected chi connectivity index (χ4v) is 1.64. The van der Waals surface area contributed by atoms with Crippen LogP contribution in [-0.4, -0.2) is 24.9 Å². The standard InChI is InChI=1S/C12H18ClNO2/c1-3-9(15)7-14-8-10-11(13)5-4-6-12(10)16-2/h4-6,9,14-15H,3,7-8H2,1-2H3. The maximum absolute atomic E-state index is 9.40. The lowest BCUT2D eigenvalue weighted by Gasteiger charge is -2.13. The Kier molecular flexibility index (Phi) is 5.60. The van der Waals surface area contributed by atoms with Crippen molar-refractivity contribution >= 4 is 11.6 Å². The van der Waals surface area contributed by atoms with E-state index in [1.54, 1.807) is 7.11 Å². The zero-order valence-corrected chi connectivity index (χ0v) is 10.4. The first-order chi connectivity index (χ1) is 7.69. The van der Waals surface area contributed by atoms with Gasteiger partial charge in [0.05, 0.1) is 13.2 Å². The second-order valence-electron chi connectivity index (χ2n) is 3.61. The van der Waals surface area contributed by atoms with Crippen LogP contribution in [-0.2, 0) is 6.54 Å². The first-order valence-corrected chi connectivity index (χ1v) is 5.77. The minimum Gasteiger partial charge on any atom is -0.496 e. The van der Waals surface area contributed by atoms with Crippen molar-refractivity contribution in [3.63, 3.8) is 0 Å². The SMILES string of the molecule is CCC(O)CNCc1c(Cl)cccc1OC. The molecule has 2 N–H and O–H groups in total. The highest BCUT2D eigenvalue weighted by Crippen LogP contribution is 2.25. The van der Waals surface area contributed by atoms with Crippen molar-refractivity contribution in [1.82, 2.24) is 5.32 Å². The molecule has 0 aliphatic heterocycles. The van der Waals surface area contributed by atoms with Gasteiger partial charge in [-0.05, 0) is 18.6 Å². The second-order valence-corrected chi connectivity index (χ2v) is 4.02. The number of aliphatic hydroxyl groups excluding tert-OH is 1. The van der Waals surface area contributed by atoms with Crippen LogP contribution in [0.15, 0.2) is 18.2 Å². The van der Waals surface area contributed by atoms with Crippen LogP contribution in [0.1, 0.15) is 18.9 Å². The van der Waals surface area contributed by atoms with E-state index in [1.807, 2.05) is 25.1 Å². The summed E-state index contributed by atoms with van der Waals surface area (Å²) in [6.45, 7) is 3.10. The van der Waals surface area contributed by atoms with Gasteiger partial charge in [-0.1, -0.05) is 24.6 Å². The average Bonchev–Trinajstić information content (AvgIpc) is 2.30. The van der Waals surface area contributed by atoms with Crippen molar-refractivity contribution in [2.75, 3.05) is 13.7 Å². The van der Waals surface area contributed by atoms with E-state index in [0.29, 0.717) is 18.1 Å². The minimum atomic E-state index is -0.312.